The maximum absolute atomic E-state index is 6.12. The molecule has 1 fully saturated rings. The molecule has 3 heteroatoms. The van der Waals surface area contributed by atoms with E-state index in [0.29, 0.717) is 6.04 Å². The first-order valence-electron chi connectivity index (χ1n) is 6.89. The highest BCUT2D eigenvalue weighted by atomic mass is 35.5. The van der Waals surface area contributed by atoms with E-state index in [1.165, 1.54) is 19.4 Å². The standard InChI is InChI=1S/C15H23ClN2/c1-12-7-9-18(13(2)11-12)10-8-17-15-6-4-3-5-14(15)16/h3-6,12-13,17H,7-11H2,1-2H3. The van der Waals surface area contributed by atoms with Crippen molar-refractivity contribution in [2.45, 2.75) is 32.7 Å². The molecule has 0 aliphatic carbocycles. The van der Waals surface area contributed by atoms with Gasteiger partial charge in [-0.25, -0.2) is 0 Å². The van der Waals surface area contributed by atoms with Crippen LogP contribution in [0.4, 0.5) is 5.69 Å². The zero-order chi connectivity index (χ0) is 13.0. The summed E-state index contributed by atoms with van der Waals surface area (Å²) in [5, 5.41) is 4.22. The lowest BCUT2D eigenvalue weighted by atomic mass is 9.93. The molecule has 1 N–H and O–H groups in total. The van der Waals surface area contributed by atoms with Gasteiger partial charge in [0.15, 0.2) is 0 Å². The van der Waals surface area contributed by atoms with Gasteiger partial charge in [0.2, 0.25) is 0 Å². The van der Waals surface area contributed by atoms with Crippen molar-refractivity contribution in [1.82, 2.24) is 4.90 Å². The Morgan fingerprint density at radius 1 is 1.33 bits per heavy atom. The molecule has 2 nitrogen and oxygen atoms in total. The van der Waals surface area contributed by atoms with Crippen molar-refractivity contribution < 1.29 is 0 Å². The van der Waals surface area contributed by atoms with Crippen molar-refractivity contribution >= 4 is 17.3 Å². The fourth-order valence-electron chi connectivity index (χ4n) is 2.73. The first kappa shape index (κ1) is 13.7. The molecule has 1 aromatic rings. The smallest absolute Gasteiger partial charge is 0.0637 e. The Bertz CT molecular complexity index is 381. The van der Waals surface area contributed by atoms with Crippen LogP contribution in [0.3, 0.4) is 0 Å². The second-order valence-corrected chi connectivity index (χ2v) is 5.83. The van der Waals surface area contributed by atoms with Crippen molar-refractivity contribution in [2.24, 2.45) is 5.92 Å². The highest BCUT2D eigenvalue weighted by molar-refractivity contribution is 6.33. The van der Waals surface area contributed by atoms with Crippen LogP contribution in [0.15, 0.2) is 24.3 Å². The van der Waals surface area contributed by atoms with Gasteiger partial charge in [0, 0.05) is 19.1 Å². The van der Waals surface area contributed by atoms with E-state index >= 15 is 0 Å². The largest absolute Gasteiger partial charge is 0.383 e. The summed E-state index contributed by atoms with van der Waals surface area (Å²) >= 11 is 6.12. The number of para-hydroxylation sites is 1. The number of likely N-dealkylation sites (tertiary alicyclic amines) is 1. The predicted molar refractivity (Wildman–Crippen MR) is 79.4 cm³/mol. The number of halogens is 1. The fourth-order valence-corrected chi connectivity index (χ4v) is 2.93. The molecule has 18 heavy (non-hydrogen) atoms. The molecular weight excluding hydrogens is 244 g/mol. The first-order valence-corrected chi connectivity index (χ1v) is 7.27. The van der Waals surface area contributed by atoms with Crippen LogP contribution in [0.25, 0.3) is 0 Å². The minimum Gasteiger partial charge on any atom is -0.383 e. The van der Waals surface area contributed by atoms with Crippen LogP contribution in [0.5, 0.6) is 0 Å². The van der Waals surface area contributed by atoms with Crippen LogP contribution in [0, 0.1) is 5.92 Å². The number of piperidine rings is 1. The van der Waals surface area contributed by atoms with Crippen LogP contribution < -0.4 is 5.32 Å². The van der Waals surface area contributed by atoms with Crippen LogP contribution in [-0.2, 0) is 0 Å². The summed E-state index contributed by atoms with van der Waals surface area (Å²) in [5.74, 6) is 0.882. The molecule has 0 radical (unpaired) electrons. The first-order chi connectivity index (χ1) is 8.66. The van der Waals surface area contributed by atoms with Crippen molar-refractivity contribution in [3.05, 3.63) is 29.3 Å². The summed E-state index contributed by atoms with van der Waals surface area (Å²) in [6, 6.07) is 8.64. The van der Waals surface area contributed by atoms with Gasteiger partial charge in [-0.3, -0.25) is 4.90 Å². The Labute approximate surface area is 115 Å². The molecule has 2 unspecified atom stereocenters. The van der Waals surface area contributed by atoms with Crippen LogP contribution in [-0.4, -0.2) is 30.6 Å². The van der Waals surface area contributed by atoms with Gasteiger partial charge in [-0.2, -0.15) is 0 Å². The van der Waals surface area contributed by atoms with Gasteiger partial charge < -0.3 is 5.32 Å². The number of anilines is 1. The molecule has 0 saturated carbocycles. The second-order valence-electron chi connectivity index (χ2n) is 5.42. The van der Waals surface area contributed by atoms with Crippen LogP contribution in [0.2, 0.25) is 5.02 Å². The minimum absolute atomic E-state index is 0.710. The van der Waals surface area contributed by atoms with Crippen molar-refractivity contribution in [3.63, 3.8) is 0 Å². The van der Waals surface area contributed by atoms with E-state index in [4.69, 9.17) is 11.6 Å². The van der Waals surface area contributed by atoms with Gasteiger partial charge in [0.25, 0.3) is 0 Å². The molecule has 1 heterocycles. The van der Waals surface area contributed by atoms with Gasteiger partial charge in [0.05, 0.1) is 10.7 Å². The van der Waals surface area contributed by atoms with Gasteiger partial charge >= 0.3 is 0 Å². The van der Waals surface area contributed by atoms with Gasteiger partial charge in [-0.15, -0.1) is 0 Å². The third-order valence-corrected chi connectivity index (χ3v) is 4.19. The molecule has 1 aliphatic rings. The lowest BCUT2D eigenvalue weighted by Gasteiger charge is -2.36. The zero-order valence-electron chi connectivity index (χ0n) is 11.3. The molecule has 0 amide bonds. The molecular formula is C15H23ClN2. The summed E-state index contributed by atoms with van der Waals surface area (Å²) in [6.07, 6.45) is 2.66. The number of benzene rings is 1. The van der Waals surface area contributed by atoms with E-state index in [0.717, 1.165) is 29.7 Å². The predicted octanol–water partition coefficient (Wildman–Crippen LogP) is 3.87. The van der Waals surface area contributed by atoms with Crippen molar-refractivity contribution in [2.75, 3.05) is 25.0 Å². The number of rotatable bonds is 4. The molecule has 100 valence electrons. The molecule has 2 atom stereocenters. The Morgan fingerprint density at radius 3 is 2.83 bits per heavy atom. The Morgan fingerprint density at radius 2 is 2.11 bits per heavy atom. The van der Waals surface area contributed by atoms with E-state index in [1.54, 1.807) is 0 Å². The van der Waals surface area contributed by atoms with E-state index in [-0.39, 0.29) is 0 Å². The molecule has 2 rings (SSSR count). The lowest BCUT2D eigenvalue weighted by molar-refractivity contribution is 0.135. The van der Waals surface area contributed by atoms with E-state index in [1.807, 2.05) is 24.3 Å². The van der Waals surface area contributed by atoms with Gasteiger partial charge in [0.1, 0.15) is 0 Å². The summed E-state index contributed by atoms with van der Waals surface area (Å²) in [6.45, 7) is 7.98. The highest BCUT2D eigenvalue weighted by Gasteiger charge is 2.21. The molecule has 0 aromatic heterocycles. The number of hydrogen-bond donors (Lipinski definition) is 1. The SMILES string of the molecule is CC1CCN(CCNc2ccccc2Cl)C(C)C1. The summed E-state index contributed by atoms with van der Waals surface area (Å²) in [5.41, 5.74) is 1.04. The Hall–Kier alpha value is -0.730. The number of nitrogens with one attached hydrogen (secondary N) is 1. The topological polar surface area (TPSA) is 15.3 Å². The monoisotopic (exact) mass is 266 g/mol. The van der Waals surface area contributed by atoms with E-state index in [9.17, 15) is 0 Å². The van der Waals surface area contributed by atoms with Crippen molar-refractivity contribution in [1.29, 1.82) is 0 Å². The second kappa shape index (κ2) is 6.44. The third kappa shape index (κ3) is 3.63. The average molecular weight is 267 g/mol. The maximum atomic E-state index is 6.12. The Kier molecular flexibility index (Phi) is 4.90. The third-order valence-electron chi connectivity index (χ3n) is 3.86. The molecule has 1 aliphatic heterocycles. The molecule has 0 spiro atoms. The highest BCUT2D eigenvalue weighted by Crippen LogP contribution is 2.22. The summed E-state index contributed by atoms with van der Waals surface area (Å²) in [7, 11) is 0. The molecule has 1 saturated heterocycles. The van der Waals surface area contributed by atoms with Crippen LogP contribution in [0.1, 0.15) is 26.7 Å². The van der Waals surface area contributed by atoms with Crippen LogP contribution >= 0.6 is 11.6 Å². The Balaban J connectivity index is 1.77. The fraction of sp³-hybridized carbons (Fsp3) is 0.600. The number of hydrogen-bond acceptors (Lipinski definition) is 2. The zero-order valence-corrected chi connectivity index (χ0v) is 12.1. The van der Waals surface area contributed by atoms with E-state index in [2.05, 4.69) is 24.1 Å². The maximum Gasteiger partial charge on any atom is 0.0637 e. The lowest BCUT2D eigenvalue weighted by Crippen LogP contribution is -2.42. The summed E-state index contributed by atoms with van der Waals surface area (Å²) < 4.78 is 0. The summed E-state index contributed by atoms with van der Waals surface area (Å²) in [4.78, 5) is 2.57. The van der Waals surface area contributed by atoms with Gasteiger partial charge in [-0.1, -0.05) is 30.7 Å². The van der Waals surface area contributed by atoms with E-state index < -0.39 is 0 Å². The average Bonchev–Trinajstić information content (AvgIpc) is 2.34. The quantitative estimate of drug-likeness (QED) is 0.890. The van der Waals surface area contributed by atoms with Gasteiger partial charge in [-0.05, 0) is 44.4 Å². The van der Waals surface area contributed by atoms with Crippen molar-refractivity contribution in [3.8, 4) is 0 Å². The number of nitrogens with zero attached hydrogens (tertiary/aromatic N) is 1. The molecule has 0 bridgehead atoms. The molecule has 1 aromatic carbocycles. The minimum atomic E-state index is 0.710. The normalized spacial score (nSPS) is 25.1.